The molecule has 0 aliphatic rings. The van der Waals surface area contributed by atoms with E-state index >= 15 is 0 Å². The maximum absolute atomic E-state index is 11.9. The van der Waals surface area contributed by atoms with Crippen LogP contribution in [0.25, 0.3) is 0 Å². The molecule has 0 bridgehead atoms. The molecule has 0 aliphatic heterocycles. The van der Waals surface area contributed by atoms with Crippen LogP contribution < -0.4 is 15.8 Å². The quantitative estimate of drug-likeness (QED) is 0.475. The van der Waals surface area contributed by atoms with Gasteiger partial charge in [0.2, 0.25) is 0 Å². The van der Waals surface area contributed by atoms with Crippen LogP contribution >= 0.6 is 22.6 Å². The lowest BCUT2D eigenvalue weighted by Crippen LogP contribution is -2.28. The maximum Gasteiger partial charge on any atom is 0.252 e. The average molecular weight is 382 g/mol. The summed E-state index contributed by atoms with van der Waals surface area (Å²) in [6, 6.07) is 14.7. The molecule has 0 unspecified atom stereocenters. The van der Waals surface area contributed by atoms with Crippen molar-refractivity contribution < 1.29 is 9.53 Å². The summed E-state index contributed by atoms with van der Waals surface area (Å²) >= 11 is 2.14. The van der Waals surface area contributed by atoms with Crippen LogP contribution in [0.2, 0.25) is 0 Å². The Morgan fingerprint density at radius 2 is 1.85 bits per heavy atom. The highest BCUT2D eigenvalue weighted by Gasteiger charge is 2.08. The molecule has 1 amide bonds. The van der Waals surface area contributed by atoms with Crippen LogP contribution in [0.4, 0.5) is 5.69 Å². The third kappa shape index (κ3) is 3.86. The molecule has 0 atom stereocenters. The van der Waals surface area contributed by atoms with Crippen LogP contribution in [-0.2, 0) is 0 Å². The lowest BCUT2D eigenvalue weighted by atomic mass is 10.2. The van der Waals surface area contributed by atoms with Crippen molar-refractivity contribution in [1.82, 2.24) is 5.32 Å². The van der Waals surface area contributed by atoms with E-state index in [0.29, 0.717) is 30.2 Å². The molecule has 104 valence electrons. The molecule has 0 fully saturated rings. The fraction of sp³-hybridized carbons (Fsp3) is 0.133. The van der Waals surface area contributed by atoms with E-state index in [1.165, 1.54) is 0 Å². The molecule has 0 heterocycles. The Kier molecular flexibility index (Phi) is 5.23. The third-order valence-electron chi connectivity index (χ3n) is 2.68. The third-order valence-corrected chi connectivity index (χ3v) is 3.62. The minimum absolute atomic E-state index is 0.0976. The lowest BCUT2D eigenvalue weighted by Gasteiger charge is -2.10. The van der Waals surface area contributed by atoms with Gasteiger partial charge < -0.3 is 15.8 Å². The second-order valence-electron chi connectivity index (χ2n) is 4.12. The van der Waals surface area contributed by atoms with Crippen LogP contribution in [0, 0.1) is 3.57 Å². The summed E-state index contributed by atoms with van der Waals surface area (Å²) in [5.74, 6) is 0.538. The van der Waals surface area contributed by atoms with E-state index in [1.54, 1.807) is 18.2 Å². The highest BCUT2D eigenvalue weighted by molar-refractivity contribution is 14.1. The van der Waals surface area contributed by atoms with E-state index in [2.05, 4.69) is 27.9 Å². The first-order valence-electron chi connectivity index (χ1n) is 6.18. The number of halogens is 1. The second-order valence-corrected chi connectivity index (χ2v) is 5.28. The first kappa shape index (κ1) is 14.6. The molecular formula is C15H15IN2O2. The van der Waals surface area contributed by atoms with Crippen molar-refractivity contribution in [2.45, 2.75) is 0 Å². The molecule has 4 nitrogen and oxygen atoms in total. The first-order valence-corrected chi connectivity index (χ1v) is 7.26. The van der Waals surface area contributed by atoms with Crippen molar-refractivity contribution in [2.24, 2.45) is 0 Å². The Hall–Kier alpha value is -1.76. The normalized spacial score (nSPS) is 10.1. The molecule has 2 aromatic rings. The molecule has 0 saturated carbocycles. The number of ether oxygens (including phenoxy) is 1. The standard InChI is InChI=1S/C15H15IN2O2/c16-12-6-2-1-5-11(12)15(19)18-9-10-20-14-8-4-3-7-13(14)17/h1-8H,9-10,17H2,(H,18,19). The Labute approximate surface area is 131 Å². The fourth-order valence-electron chi connectivity index (χ4n) is 1.68. The zero-order valence-electron chi connectivity index (χ0n) is 10.8. The van der Waals surface area contributed by atoms with Crippen LogP contribution in [0.3, 0.4) is 0 Å². The summed E-state index contributed by atoms with van der Waals surface area (Å²) in [5, 5.41) is 2.82. The van der Waals surface area contributed by atoms with Gasteiger partial charge in [-0.1, -0.05) is 24.3 Å². The van der Waals surface area contributed by atoms with E-state index in [9.17, 15) is 4.79 Å². The number of nitrogens with one attached hydrogen (secondary N) is 1. The Morgan fingerprint density at radius 3 is 2.60 bits per heavy atom. The maximum atomic E-state index is 11.9. The van der Waals surface area contributed by atoms with E-state index in [1.807, 2.05) is 30.3 Å². The number of rotatable bonds is 5. The predicted molar refractivity (Wildman–Crippen MR) is 87.8 cm³/mol. The van der Waals surface area contributed by atoms with Gasteiger partial charge >= 0.3 is 0 Å². The number of benzene rings is 2. The fourth-order valence-corrected chi connectivity index (χ4v) is 2.31. The van der Waals surface area contributed by atoms with Gasteiger partial charge in [-0.05, 0) is 46.9 Å². The van der Waals surface area contributed by atoms with Crippen LogP contribution in [0.1, 0.15) is 10.4 Å². The van der Waals surface area contributed by atoms with Gasteiger partial charge in [0.1, 0.15) is 12.4 Å². The highest BCUT2D eigenvalue weighted by Crippen LogP contribution is 2.19. The molecule has 0 radical (unpaired) electrons. The molecule has 0 aromatic heterocycles. The van der Waals surface area contributed by atoms with E-state index in [-0.39, 0.29) is 5.91 Å². The molecule has 20 heavy (non-hydrogen) atoms. The van der Waals surface area contributed by atoms with Gasteiger partial charge in [0.15, 0.2) is 0 Å². The van der Waals surface area contributed by atoms with Crippen molar-refractivity contribution in [1.29, 1.82) is 0 Å². The monoisotopic (exact) mass is 382 g/mol. The SMILES string of the molecule is Nc1ccccc1OCCNC(=O)c1ccccc1I. The second kappa shape index (κ2) is 7.14. The van der Waals surface area contributed by atoms with Gasteiger partial charge in [-0.15, -0.1) is 0 Å². The number of para-hydroxylation sites is 2. The molecule has 5 heteroatoms. The van der Waals surface area contributed by atoms with Crippen LogP contribution in [0.15, 0.2) is 48.5 Å². The molecule has 2 aromatic carbocycles. The lowest BCUT2D eigenvalue weighted by molar-refractivity contribution is 0.0946. The number of carbonyl (C=O) groups is 1. The smallest absolute Gasteiger partial charge is 0.252 e. The zero-order valence-corrected chi connectivity index (χ0v) is 13.0. The molecule has 0 aliphatic carbocycles. The topological polar surface area (TPSA) is 64.3 Å². The Morgan fingerprint density at radius 1 is 1.15 bits per heavy atom. The van der Waals surface area contributed by atoms with Gasteiger partial charge in [-0.3, -0.25) is 4.79 Å². The van der Waals surface area contributed by atoms with E-state index < -0.39 is 0 Å². The largest absolute Gasteiger partial charge is 0.490 e. The highest BCUT2D eigenvalue weighted by atomic mass is 127. The minimum Gasteiger partial charge on any atom is -0.490 e. The van der Waals surface area contributed by atoms with Gasteiger partial charge in [-0.2, -0.15) is 0 Å². The van der Waals surface area contributed by atoms with Crippen molar-refractivity contribution in [2.75, 3.05) is 18.9 Å². The first-order chi connectivity index (χ1) is 9.68. The number of hydrogen-bond acceptors (Lipinski definition) is 3. The van der Waals surface area contributed by atoms with Gasteiger partial charge in [0.05, 0.1) is 17.8 Å². The van der Waals surface area contributed by atoms with E-state index in [4.69, 9.17) is 10.5 Å². The summed E-state index contributed by atoms with van der Waals surface area (Å²) in [4.78, 5) is 11.9. The molecule has 0 saturated heterocycles. The van der Waals surface area contributed by atoms with E-state index in [0.717, 1.165) is 3.57 Å². The molecule has 3 N–H and O–H groups in total. The minimum atomic E-state index is -0.0976. The number of anilines is 1. The molecule has 0 spiro atoms. The number of carbonyl (C=O) groups excluding carboxylic acids is 1. The Bertz CT molecular complexity index is 602. The average Bonchev–Trinajstić information content (AvgIpc) is 2.45. The van der Waals surface area contributed by atoms with Gasteiger partial charge in [0, 0.05) is 3.57 Å². The summed E-state index contributed by atoms with van der Waals surface area (Å²) in [5.41, 5.74) is 7.03. The number of hydrogen-bond donors (Lipinski definition) is 2. The van der Waals surface area contributed by atoms with Crippen molar-refractivity contribution in [3.8, 4) is 5.75 Å². The van der Waals surface area contributed by atoms with Crippen LogP contribution in [0.5, 0.6) is 5.75 Å². The number of nitrogen functional groups attached to an aromatic ring is 1. The zero-order chi connectivity index (χ0) is 14.4. The molecule has 2 rings (SSSR count). The van der Waals surface area contributed by atoms with Crippen molar-refractivity contribution >= 4 is 34.2 Å². The summed E-state index contributed by atoms with van der Waals surface area (Å²) in [6.07, 6.45) is 0. The predicted octanol–water partition coefficient (Wildman–Crippen LogP) is 2.68. The van der Waals surface area contributed by atoms with Gasteiger partial charge in [-0.25, -0.2) is 0 Å². The summed E-state index contributed by atoms with van der Waals surface area (Å²) in [6.45, 7) is 0.807. The van der Waals surface area contributed by atoms with Crippen molar-refractivity contribution in [3.63, 3.8) is 0 Å². The van der Waals surface area contributed by atoms with Gasteiger partial charge in [0.25, 0.3) is 5.91 Å². The molecular weight excluding hydrogens is 367 g/mol. The van der Waals surface area contributed by atoms with Crippen LogP contribution in [-0.4, -0.2) is 19.1 Å². The Balaban J connectivity index is 1.81. The number of amides is 1. The number of nitrogens with two attached hydrogens (primary N) is 1. The summed E-state index contributed by atoms with van der Waals surface area (Å²) in [7, 11) is 0. The summed E-state index contributed by atoms with van der Waals surface area (Å²) < 4.78 is 6.44. The van der Waals surface area contributed by atoms with Crippen molar-refractivity contribution in [3.05, 3.63) is 57.7 Å².